The summed E-state index contributed by atoms with van der Waals surface area (Å²) in [5.74, 6) is -3.12. The highest BCUT2D eigenvalue weighted by atomic mass is 16.6. The van der Waals surface area contributed by atoms with Crippen LogP contribution in [0.5, 0.6) is 5.75 Å². The Kier molecular flexibility index (Phi) is 5.50. The molecule has 2 atom stereocenters. The molecule has 4 nitrogen and oxygen atoms in total. The Morgan fingerprint density at radius 1 is 1.29 bits per heavy atom. The summed E-state index contributed by atoms with van der Waals surface area (Å²) in [7, 11) is 0. The van der Waals surface area contributed by atoms with Crippen LogP contribution in [0.25, 0.3) is 0 Å². The molecule has 2 rings (SSSR count). The Labute approximate surface area is 143 Å². The molecule has 0 saturated heterocycles. The van der Waals surface area contributed by atoms with E-state index in [4.69, 9.17) is 4.74 Å². The highest BCUT2D eigenvalue weighted by Gasteiger charge is 2.56. The lowest BCUT2D eigenvalue weighted by Gasteiger charge is -2.48. The molecule has 0 radical (unpaired) electrons. The number of unbranched alkanes of at least 4 members (excludes halogenated alkanes) is 2. The molecular formula is C20H26O4. The third kappa shape index (κ3) is 3.39. The van der Waals surface area contributed by atoms with E-state index < -0.39 is 23.1 Å². The molecule has 0 spiro atoms. The molecule has 0 fully saturated rings. The van der Waals surface area contributed by atoms with Gasteiger partial charge in [-0.15, -0.1) is 0 Å². The van der Waals surface area contributed by atoms with Crippen LogP contribution in [-0.4, -0.2) is 22.0 Å². The average molecular weight is 330 g/mol. The van der Waals surface area contributed by atoms with Crippen LogP contribution in [0.3, 0.4) is 0 Å². The summed E-state index contributed by atoms with van der Waals surface area (Å²) in [4.78, 5) is 11.9. The number of hydrogen-bond donors (Lipinski definition) is 2. The number of carboxylic acids is 1. The SMILES string of the molecule is CCCCC=CC=CC1(O)Oc2ccccc2C(C(=O)O)C1(C)C. The first-order valence-electron chi connectivity index (χ1n) is 8.41. The fourth-order valence-electron chi connectivity index (χ4n) is 3.08. The van der Waals surface area contributed by atoms with Crippen LogP contribution in [0.1, 0.15) is 51.5 Å². The maximum atomic E-state index is 11.9. The van der Waals surface area contributed by atoms with Gasteiger partial charge in [0.05, 0.1) is 11.3 Å². The van der Waals surface area contributed by atoms with Crippen molar-refractivity contribution in [1.29, 1.82) is 0 Å². The third-order valence-electron chi connectivity index (χ3n) is 4.68. The van der Waals surface area contributed by atoms with Gasteiger partial charge in [-0.2, -0.15) is 0 Å². The minimum atomic E-state index is -1.69. The Morgan fingerprint density at radius 3 is 2.67 bits per heavy atom. The summed E-state index contributed by atoms with van der Waals surface area (Å²) >= 11 is 0. The molecule has 0 amide bonds. The first kappa shape index (κ1) is 18.3. The number of fused-ring (bicyclic) bond motifs is 1. The van der Waals surface area contributed by atoms with Crippen molar-refractivity contribution in [1.82, 2.24) is 0 Å². The minimum Gasteiger partial charge on any atom is -0.481 e. The number of para-hydroxylation sites is 1. The van der Waals surface area contributed by atoms with Gasteiger partial charge in [0, 0.05) is 5.56 Å². The van der Waals surface area contributed by atoms with Crippen LogP contribution in [0, 0.1) is 5.41 Å². The monoisotopic (exact) mass is 330 g/mol. The number of benzene rings is 1. The molecule has 0 aromatic heterocycles. The molecule has 4 heteroatoms. The van der Waals surface area contributed by atoms with Gasteiger partial charge in [-0.25, -0.2) is 0 Å². The second-order valence-electron chi connectivity index (χ2n) is 6.76. The van der Waals surface area contributed by atoms with Gasteiger partial charge in [0.2, 0.25) is 5.79 Å². The maximum Gasteiger partial charge on any atom is 0.311 e. The number of hydrogen-bond acceptors (Lipinski definition) is 3. The molecule has 0 aliphatic carbocycles. The zero-order chi connectivity index (χ0) is 17.8. The van der Waals surface area contributed by atoms with Crippen molar-refractivity contribution in [2.45, 2.75) is 51.7 Å². The molecule has 130 valence electrons. The zero-order valence-corrected chi connectivity index (χ0v) is 14.5. The fraction of sp³-hybridized carbons (Fsp3) is 0.450. The molecule has 0 saturated carbocycles. The van der Waals surface area contributed by atoms with E-state index >= 15 is 0 Å². The van der Waals surface area contributed by atoms with Gasteiger partial charge in [0.1, 0.15) is 5.75 Å². The maximum absolute atomic E-state index is 11.9. The van der Waals surface area contributed by atoms with Crippen LogP contribution >= 0.6 is 0 Å². The van der Waals surface area contributed by atoms with Gasteiger partial charge in [0.15, 0.2) is 0 Å². The minimum absolute atomic E-state index is 0.409. The first-order valence-corrected chi connectivity index (χ1v) is 8.41. The Balaban J connectivity index is 2.35. The number of rotatable bonds is 6. The lowest BCUT2D eigenvalue weighted by molar-refractivity contribution is -0.200. The van der Waals surface area contributed by atoms with Crippen molar-refractivity contribution in [2.75, 3.05) is 0 Å². The van der Waals surface area contributed by atoms with Crippen LogP contribution < -0.4 is 4.74 Å². The molecule has 1 heterocycles. The number of carbonyl (C=O) groups is 1. The van der Waals surface area contributed by atoms with Gasteiger partial charge in [-0.3, -0.25) is 4.79 Å². The van der Waals surface area contributed by atoms with Crippen LogP contribution in [0.15, 0.2) is 48.6 Å². The summed E-state index contributed by atoms with van der Waals surface area (Å²) in [6.45, 7) is 5.56. The van der Waals surface area contributed by atoms with E-state index in [0.29, 0.717) is 11.3 Å². The van der Waals surface area contributed by atoms with Crippen molar-refractivity contribution in [2.24, 2.45) is 5.41 Å². The number of carboxylic acid groups (broad SMARTS) is 1. The second-order valence-corrected chi connectivity index (χ2v) is 6.76. The Morgan fingerprint density at radius 2 is 2.00 bits per heavy atom. The lowest BCUT2D eigenvalue weighted by Crippen LogP contribution is -2.55. The number of aliphatic hydroxyl groups is 1. The average Bonchev–Trinajstić information content (AvgIpc) is 2.51. The number of aliphatic carboxylic acids is 1. The summed E-state index contributed by atoms with van der Waals surface area (Å²) in [6.07, 6.45) is 10.4. The molecular weight excluding hydrogens is 304 g/mol. The molecule has 24 heavy (non-hydrogen) atoms. The van der Waals surface area contributed by atoms with Crippen molar-refractivity contribution in [3.8, 4) is 5.75 Å². The highest BCUT2D eigenvalue weighted by Crippen LogP contribution is 2.52. The fourth-order valence-corrected chi connectivity index (χ4v) is 3.08. The van der Waals surface area contributed by atoms with Gasteiger partial charge in [-0.05, 0) is 18.6 Å². The Hall–Kier alpha value is -2.07. The van der Waals surface area contributed by atoms with E-state index in [9.17, 15) is 15.0 Å². The van der Waals surface area contributed by atoms with E-state index in [0.717, 1.165) is 19.3 Å². The summed E-state index contributed by atoms with van der Waals surface area (Å²) < 4.78 is 5.81. The van der Waals surface area contributed by atoms with Gasteiger partial charge >= 0.3 is 5.97 Å². The molecule has 1 aromatic carbocycles. The van der Waals surface area contributed by atoms with Gasteiger partial charge in [-0.1, -0.05) is 70.0 Å². The van der Waals surface area contributed by atoms with Crippen molar-refractivity contribution in [3.63, 3.8) is 0 Å². The van der Waals surface area contributed by atoms with E-state index in [2.05, 4.69) is 6.92 Å². The Bertz CT molecular complexity index is 645. The van der Waals surface area contributed by atoms with Crippen LogP contribution in [0.2, 0.25) is 0 Å². The van der Waals surface area contributed by atoms with E-state index in [-0.39, 0.29) is 0 Å². The molecule has 0 bridgehead atoms. The topological polar surface area (TPSA) is 66.8 Å². The predicted octanol–water partition coefficient (Wildman–Crippen LogP) is 4.26. The van der Waals surface area contributed by atoms with Crippen molar-refractivity contribution in [3.05, 3.63) is 54.1 Å². The largest absolute Gasteiger partial charge is 0.481 e. The molecule has 2 N–H and O–H groups in total. The highest BCUT2D eigenvalue weighted by molar-refractivity contribution is 5.79. The van der Waals surface area contributed by atoms with Crippen molar-refractivity contribution >= 4 is 5.97 Å². The molecule has 1 aliphatic heterocycles. The second kappa shape index (κ2) is 7.22. The van der Waals surface area contributed by atoms with Gasteiger partial charge in [0.25, 0.3) is 0 Å². The van der Waals surface area contributed by atoms with E-state index in [1.54, 1.807) is 50.3 Å². The van der Waals surface area contributed by atoms with Crippen LogP contribution in [-0.2, 0) is 4.79 Å². The van der Waals surface area contributed by atoms with Gasteiger partial charge < -0.3 is 14.9 Å². The standard InChI is InChI=1S/C20H26O4/c1-4-5-6-7-8-11-14-20(23)19(2,3)17(18(21)22)15-12-9-10-13-16(15)24-20/h7-14,17,23H,4-6H2,1-3H3,(H,21,22). The van der Waals surface area contributed by atoms with E-state index in [1.807, 2.05) is 12.2 Å². The van der Waals surface area contributed by atoms with Crippen molar-refractivity contribution < 1.29 is 19.7 Å². The quantitative estimate of drug-likeness (QED) is 0.604. The predicted molar refractivity (Wildman–Crippen MR) is 94.0 cm³/mol. The molecule has 2 unspecified atom stereocenters. The summed E-state index contributed by atoms with van der Waals surface area (Å²) in [5, 5.41) is 20.8. The van der Waals surface area contributed by atoms with E-state index in [1.165, 1.54) is 0 Å². The summed E-state index contributed by atoms with van der Waals surface area (Å²) in [6, 6.07) is 6.98. The molecule has 1 aliphatic rings. The third-order valence-corrected chi connectivity index (χ3v) is 4.68. The molecule has 1 aromatic rings. The summed E-state index contributed by atoms with van der Waals surface area (Å²) in [5.41, 5.74) is -0.437. The lowest BCUT2D eigenvalue weighted by atomic mass is 9.67. The zero-order valence-electron chi connectivity index (χ0n) is 14.5. The first-order chi connectivity index (χ1) is 11.3. The number of allylic oxidation sites excluding steroid dienone is 3. The number of ether oxygens (including phenoxy) is 1. The smallest absolute Gasteiger partial charge is 0.311 e. The normalized spacial score (nSPS) is 25.6. The van der Waals surface area contributed by atoms with Crippen LogP contribution in [0.4, 0.5) is 0 Å².